The van der Waals surface area contributed by atoms with Gasteiger partial charge in [0.1, 0.15) is 0 Å². The zero-order valence-electron chi connectivity index (χ0n) is 6.91. The molecule has 0 atom stereocenters. The molecule has 0 aliphatic heterocycles. The Balaban J connectivity index is 2.71. The highest BCUT2D eigenvalue weighted by molar-refractivity contribution is 5.83. The van der Waals surface area contributed by atoms with Gasteiger partial charge >= 0.3 is 0 Å². The van der Waals surface area contributed by atoms with E-state index in [1.807, 2.05) is 31.4 Å². The monoisotopic (exact) mass is 161 g/mol. The molecule has 0 saturated heterocycles. The number of benzene rings is 1. The van der Waals surface area contributed by atoms with Crippen molar-refractivity contribution in [2.75, 3.05) is 5.43 Å². The van der Waals surface area contributed by atoms with Crippen molar-refractivity contribution in [3.8, 4) is 0 Å². The molecule has 0 radical (unpaired) electrons. The molecule has 1 aromatic heterocycles. The molecular formula is C9H11N3. The third kappa shape index (κ3) is 0.950. The van der Waals surface area contributed by atoms with Crippen molar-refractivity contribution in [2.24, 2.45) is 12.9 Å². The Morgan fingerprint density at radius 2 is 2.17 bits per heavy atom. The molecule has 12 heavy (non-hydrogen) atoms. The van der Waals surface area contributed by atoms with Crippen molar-refractivity contribution >= 4 is 16.6 Å². The Hall–Kier alpha value is -1.48. The average Bonchev–Trinajstić information content (AvgIpc) is 2.47. The first-order chi connectivity index (χ1) is 5.81. The van der Waals surface area contributed by atoms with Crippen molar-refractivity contribution in [3.63, 3.8) is 0 Å². The molecule has 3 N–H and O–H groups in total. The van der Waals surface area contributed by atoms with Crippen LogP contribution in [0.15, 0.2) is 30.5 Å². The maximum Gasteiger partial charge on any atom is 0.0506 e. The van der Waals surface area contributed by atoms with E-state index in [9.17, 15) is 0 Å². The van der Waals surface area contributed by atoms with Gasteiger partial charge in [0, 0.05) is 18.8 Å². The molecule has 0 unspecified atom stereocenters. The summed E-state index contributed by atoms with van der Waals surface area (Å²) in [6.45, 7) is 0. The second kappa shape index (κ2) is 2.53. The molecule has 0 aliphatic carbocycles. The zero-order chi connectivity index (χ0) is 8.55. The second-order valence-electron chi connectivity index (χ2n) is 2.84. The van der Waals surface area contributed by atoms with Gasteiger partial charge in [0.05, 0.1) is 5.69 Å². The predicted molar refractivity (Wildman–Crippen MR) is 50.7 cm³/mol. The smallest absolute Gasteiger partial charge is 0.0506 e. The van der Waals surface area contributed by atoms with Crippen LogP contribution in [-0.4, -0.2) is 4.57 Å². The van der Waals surface area contributed by atoms with E-state index in [0.29, 0.717) is 0 Å². The van der Waals surface area contributed by atoms with Gasteiger partial charge in [-0.15, -0.1) is 0 Å². The lowest BCUT2D eigenvalue weighted by Crippen LogP contribution is -2.06. The molecule has 0 bridgehead atoms. The Kier molecular flexibility index (Phi) is 1.52. The molecule has 0 fully saturated rings. The van der Waals surface area contributed by atoms with Crippen LogP contribution in [-0.2, 0) is 7.05 Å². The van der Waals surface area contributed by atoms with E-state index in [1.165, 1.54) is 10.9 Å². The van der Waals surface area contributed by atoms with Crippen LogP contribution >= 0.6 is 0 Å². The Morgan fingerprint density at radius 3 is 2.92 bits per heavy atom. The first kappa shape index (κ1) is 7.18. The third-order valence-electron chi connectivity index (χ3n) is 2.05. The third-order valence-corrected chi connectivity index (χ3v) is 2.05. The van der Waals surface area contributed by atoms with Gasteiger partial charge in [-0.2, -0.15) is 0 Å². The molecule has 0 saturated carbocycles. The molecule has 3 nitrogen and oxygen atoms in total. The number of nitrogens with two attached hydrogens (primary N) is 1. The van der Waals surface area contributed by atoms with Crippen LogP contribution in [0.25, 0.3) is 10.9 Å². The molecule has 2 aromatic rings. The number of anilines is 1. The number of hydrazine groups is 1. The summed E-state index contributed by atoms with van der Waals surface area (Å²) in [6, 6.07) is 8.11. The van der Waals surface area contributed by atoms with E-state index in [2.05, 4.69) is 16.1 Å². The summed E-state index contributed by atoms with van der Waals surface area (Å²) in [5, 5.41) is 1.23. The number of rotatable bonds is 1. The Morgan fingerprint density at radius 1 is 1.33 bits per heavy atom. The zero-order valence-corrected chi connectivity index (χ0v) is 6.91. The van der Waals surface area contributed by atoms with Crippen LogP contribution < -0.4 is 11.3 Å². The maximum atomic E-state index is 5.30. The number of nitrogens with one attached hydrogen (secondary N) is 1. The summed E-state index contributed by atoms with van der Waals surface area (Å²) < 4.78 is 2.07. The highest BCUT2D eigenvalue weighted by Crippen LogP contribution is 2.18. The summed E-state index contributed by atoms with van der Waals surface area (Å²) in [6.07, 6.45) is 2.03. The van der Waals surface area contributed by atoms with Gasteiger partial charge in [0.25, 0.3) is 0 Å². The molecule has 0 amide bonds. The number of aromatic nitrogens is 1. The molecule has 0 aliphatic rings. The summed E-state index contributed by atoms with van der Waals surface area (Å²) in [7, 11) is 2.02. The van der Waals surface area contributed by atoms with Crippen LogP contribution in [0.1, 0.15) is 0 Å². The predicted octanol–water partition coefficient (Wildman–Crippen LogP) is 1.46. The lowest BCUT2D eigenvalue weighted by Gasteiger charge is -2.00. The summed E-state index contributed by atoms with van der Waals surface area (Å²) in [5.41, 5.74) is 4.74. The van der Waals surface area contributed by atoms with Gasteiger partial charge in [-0.3, -0.25) is 5.84 Å². The first-order valence-corrected chi connectivity index (χ1v) is 3.83. The van der Waals surface area contributed by atoms with Gasteiger partial charge in [-0.25, -0.2) is 0 Å². The molecular weight excluding hydrogens is 150 g/mol. The first-order valence-electron chi connectivity index (χ1n) is 3.83. The van der Waals surface area contributed by atoms with E-state index in [0.717, 1.165) is 5.69 Å². The van der Waals surface area contributed by atoms with Crippen LogP contribution in [0, 0.1) is 0 Å². The lowest BCUT2D eigenvalue weighted by atomic mass is 10.2. The van der Waals surface area contributed by atoms with Crippen LogP contribution in [0.3, 0.4) is 0 Å². The molecule has 3 heteroatoms. The van der Waals surface area contributed by atoms with E-state index >= 15 is 0 Å². The largest absolute Gasteiger partial charge is 0.350 e. The number of hydrogen-bond donors (Lipinski definition) is 2. The van der Waals surface area contributed by atoms with Gasteiger partial charge in [-0.05, 0) is 23.6 Å². The SMILES string of the molecule is Cn1ccc2ccc(NN)cc21. The Bertz CT molecular complexity index is 403. The second-order valence-corrected chi connectivity index (χ2v) is 2.84. The summed E-state index contributed by atoms with van der Waals surface area (Å²) >= 11 is 0. The maximum absolute atomic E-state index is 5.30. The number of fused-ring (bicyclic) bond motifs is 1. The standard InChI is InChI=1S/C9H11N3/c1-12-5-4-7-2-3-8(11-10)6-9(7)12/h2-6,11H,10H2,1H3. The van der Waals surface area contributed by atoms with Crippen LogP contribution in [0.2, 0.25) is 0 Å². The van der Waals surface area contributed by atoms with Gasteiger partial charge in [0.2, 0.25) is 0 Å². The molecule has 62 valence electrons. The van der Waals surface area contributed by atoms with Crippen LogP contribution in [0.5, 0.6) is 0 Å². The minimum absolute atomic E-state index is 0.935. The van der Waals surface area contributed by atoms with Crippen molar-refractivity contribution in [1.82, 2.24) is 4.57 Å². The minimum Gasteiger partial charge on any atom is -0.350 e. The van der Waals surface area contributed by atoms with Crippen molar-refractivity contribution < 1.29 is 0 Å². The Labute approximate surface area is 70.8 Å². The lowest BCUT2D eigenvalue weighted by molar-refractivity contribution is 0.969. The summed E-state index contributed by atoms with van der Waals surface area (Å²) in [4.78, 5) is 0. The summed E-state index contributed by atoms with van der Waals surface area (Å²) in [5.74, 6) is 5.30. The highest BCUT2D eigenvalue weighted by Gasteiger charge is 1.97. The minimum atomic E-state index is 0.935. The highest BCUT2D eigenvalue weighted by atomic mass is 15.2. The molecule has 0 spiro atoms. The number of nitrogens with zero attached hydrogens (tertiary/aromatic N) is 1. The van der Waals surface area contributed by atoms with E-state index in [1.54, 1.807) is 0 Å². The van der Waals surface area contributed by atoms with Gasteiger partial charge in [0.15, 0.2) is 0 Å². The number of nitrogen functional groups attached to an aromatic ring is 1. The number of aryl methyl sites for hydroxylation is 1. The van der Waals surface area contributed by atoms with Gasteiger partial charge in [-0.1, -0.05) is 6.07 Å². The average molecular weight is 161 g/mol. The normalized spacial score (nSPS) is 10.5. The van der Waals surface area contributed by atoms with Crippen LogP contribution in [0.4, 0.5) is 5.69 Å². The van der Waals surface area contributed by atoms with Gasteiger partial charge < -0.3 is 9.99 Å². The van der Waals surface area contributed by atoms with E-state index in [-0.39, 0.29) is 0 Å². The van der Waals surface area contributed by atoms with Crippen molar-refractivity contribution in [1.29, 1.82) is 0 Å². The molecule has 1 aromatic carbocycles. The fraction of sp³-hybridized carbons (Fsp3) is 0.111. The fourth-order valence-electron chi connectivity index (χ4n) is 1.35. The van der Waals surface area contributed by atoms with E-state index in [4.69, 9.17) is 5.84 Å². The van der Waals surface area contributed by atoms with E-state index < -0.39 is 0 Å². The topological polar surface area (TPSA) is 43.0 Å². The molecule has 2 rings (SSSR count). The quantitative estimate of drug-likeness (QED) is 0.491. The number of hydrogen-bond acceptors (Lipinski definition) is 2. The van der Waals surface area contributed by atoms with Crippen molar-refractivity contribution in [2.45, 2.75) is 0 Å². The molecule has 1 heterocycles. The fourth-order valence-corrected chi connectivity index (χ4v) is 1.35. The van der Waals surface area contributed by atoms with Crippen molar-refractivity contribution in [3.05, 3.63) is 30.5 Å².